The third-order valence-corrected chi connectivity index (χ3v) is 2.99. The van der Waals surface area contributed by atoms with E-state index in [-0.39, 0.29) is 0 Å². The van der Waals surface area contributed by atoms with Crippen molar-refractivity contribution in [2.24, 2.45) is 5.73 Å². The van der Waals surface area contributed by atoms with Gasteiger partial charge >= 0.3 is 0 Å². The van der Waals surface area contributed by atoms with E-state index in [1.165, 1.54) is 12.6 Å². The molecule has 100 valence electrons. The van der Waals surface area contributed by atoms with Gasteiger partial charge in [0.25, 0.3) is 0 Å². The van der Waals surface area contributed by atoms with E-state index in [0.717, 1.165) is 42.3 Å². The number of aromatic nitrogens is 2. The molecule has 4 nitrogen and oxygen atoms in total. The molecule has 0 bridgehead atoms. The maximum atomic E-state index is 5.79. The second-order valence-electron chi connectivity index (χ2n) is 4.23. The van der Waals surface area contributed by atoms with Crippen molar-refractivity contribution < 1.29 is 4.74 Å². The van der Waals surface area contributed by atoms with E-state index in [0.29, 0.717) is 0 Å². The van der Waals surface area contributed by atoms with Crippen LogP contribution in [0.5, 0.6) is 5.75 Å². The molecule has 1 aliphatic heterocycles. The number of hydrogen-bond donors (Lipinski definition) is 1. The van der Waals surface area contributed by atoms with Crippen molar-refractivity contribution >= 4 is 0 Å². The van der Waals surface area contributed by atoms with Gasteiger partial charge < -0.3 is 10.5 Å². The van der Waals surface area contributed by atoms with Crippen LogP contribution in [0.2, 0.25) is 0 Å². The van der Waals surface area contributed by atoms with E-state index in [1.807, 2.05) is 13.0 Å². The molecule has 0 radical (unpaired) electrons. The van der Waals surface area contributed by atoms with Crippen LogP contribution in [0.25, 0.3) is 11.3 Å². The van der Waals surface area contributed by atoms with E-state index < -0.39 is 0 Å². The lowest BCUT2D eigenvalue weighted by atomic mass is 10.0. The first-order valence-corrected chi connectivity index (χ1v) is 6.47. The minimum absolute atomic E-state index is 0.788. The molecule has 0 atom stereocenters. The Bertz CT molecular complexity index is 555. The molecule has 0 aliphatic carbocycles. The van der Waals surface area contributed by atoms with Gasteiger partial charge in [0.05, 0.1) is 12.3 Å². The average molecular weight is 257 g/mol. The number of aryl methyl sites for hydroxylation is 2. The number of benzene rings is 1. The summed E-state index contributed by atoms with van der Waals surface area (Å²) in [5.74, 6) is 1.78. The highest BCUT2D eigenvalue weighted by Crippen LogP contribution is 2.34. The lowest BCUT2D eigenvalue weighted by Crippen LogP contribution is -2.09. The Morgan fingerprint density at radius 1 is 1.21 bits per heavy atom. The Balaban J connectivity index is 0.000000637. The summed E-state index contributed by atoms with van der Waals surface area (Å²) in [4.78, 5) is 8.59. The van der Waals surface area contributed by atoms with Crippen LogP contribution < -0.4 is 10.5 Å². The summed E-state index contributed by atoms with van der Waals surface area (Å²) in [6.07, 6.45) is 3.98. The van der Waals surface area contributed by atoms with Crippen LogP contribution in [0, 0.1) is 6.92 Å². The molecule has 2 heterocycles. The van der Waals surface area contributed by atoms with Crippen LogP contribution in [0.4, 0.5) is 0 Å². The van der Waals surface area contributed by atoms with Crippen molar-refractivity contribution in [3.8, 4) is 17.0 Å². The van der Waals surface area contributed by atoms with Gasteiger partial charge in [0.15, 0.2) is 0 Å². The first-order valence-electron chi connectivity index (χ1n) is 6.47. The Hall–Kier alpha value is -1.94. The maximum Gasteiger partial charge on any atom is 0.131 e. The Morgan fingerprint density at radius 3 is 2.84 bits per heavy atom. The van der Waals surface area contributed by atoms with Crippen molar-refractivity contribution in [1.29, 1.82) is 0 Å². The minimum atomic E-state index is 0.788. The van der Waals surface area contributed by atoms with Crippen molar-refractivity contribution in [2.45, 2.75) is 19.8 Å². The second kappa shape index (κ2) is 6.29. The van der Waals surface area contributed by atoms with Crippen LogP contribution in [0.15, 0.2) is 30.5 Å². The van der Waals surface area contributed by atoms with Gasteiger partial charge in [0, 0.05) is 11.8 Å². The van der Waals surface area contributed by atoms with Crippen LogP contribution in [-0.4, -0.2) is 23.6 Å². The molecule has 0 saturated carbocycles. The van der Waals surface area contributed by atoms with Crippen LogP contribution in [0.1, 0.15) is 17.8 Å². The van der Waals surface area contributed by atoms with Gasteiger partial charge in [-0.15, -0.1) is 0 Å². The summed E-state index contributed by atoms with van der Waals surface area (Å²) in [7, 11) is 1.50. The zero-order valence-corrected chi connectivity index (χ0v) is 11.4. The van der Waals surface area contributed by atoms with Crippen molar-refractivity contribution in [3.05, 3.63) is 41.9 Å². The molecule has 1 aromatic heterocycles. The highest BCUT2D eigenvalue weighted by molar-refractivity contribution is 5.69. The van der Waals surface area contributed by atoms with Gasteiger partial charge in [-0.1, -0.05) is 12.1 Å². The second-order valence-corrected chi connectivity index (χ2v) is 4.23. The third-order valence-electron chi connectivity index (χ3n) is 2.99. The molecule has 3 rings (SSSR count). The lowest BCUT2D eigenvalue weighted by molar-refractivity contribution is 0.289. The molecule has 0 saturated heterocycles. The highest BCUT2D eigenvalue weighted by atomic mass is 16.5. The van der Waals surface area contributed by atoms with Gasteiger partial charge in [0.1, 0.15) is 11.6 Å². The van der Waals surface area contributed by atoms with Gasteiger partial charge in [0.2, 0.25) is 0 Å². The summed E-state index contributed by atoms with van der Waals surface area (Å²) in [5.41, 5.74) is 7.80. The van der Waals surface area contributed by atoms with Crippen molar-refractivity contribution in [2.75, 3.05) is 13.7 Å². The molecular formula is C15H19N3O. The molecule has 1 aliphatic rings. The molecule has 0 fully saturated rings. The Labute approximate surface area is 113 Å². The van der Waals surface area contributed by atoms with Crippen LogP contribution in [-0.2, 0) is 6.42 Å². The maximum absolute atomic E-state index is 5.79. The van der Waals surface area contributed by atoms with E-state index in [1.54, 1.807) is 6.20 Å². The normalized spacial score (nSPS) is 12.8. The van der Waals surface area contributed by atoms with Crippen molar-refractivity contribution in [1.82, 2.24) is 9.97 Å². The Morgan fingerprint density at radius 2 is 2.05 bits per heavy atom. The van der Waals surface area contributed by atoms with E-state index in [9.17, 15) is 0 Å². The fourth-order valence-electron chi connectivity index (χ4n) is 2.20. The number of fused-ring (bicyclic) bond motifs is 1. The monoisotopic (exact) mass is 257 g/mol. The summed E-state index contributed by atoms with van der Waals surface area (Å²) < 4.78 is 5.79. The molecule has 0 amide bonds. The first kappa shape index (κ1) is 13.5. The third kappa shape index (κ3) is 2.90. The average Bonchev–Trinajstić information content (AvgIpc) is 2.49. The largest absolute Gasteiger partial charge is 0.493 e. The molecule has 0 spiro atoms. The number of rotatable bonds is 1. The predicted octanol–water partition coefficient (Wildman–Crippen LogP) is 2.35. The van der Waals surface area contributed by atoms with E-state index >= 15 is 0 Å². The minimum Gasteiger partial charge on any atom is -0.493 e. The lowest BCUT2D eigenvalue weighted by Gasteiger charge is -2.20. The number of ether oxygens (including phenoxy) is 1. The fourth-order valence-corrected chi connectivity index (χ4v) is 2.20. The summed E-state index contributed by atoms with van der Waals surface area (Å²) in [5, 5.41) is 0. The molecule has 2 N–H and O–H groups in total. The number of nitrogens with zero attached hydrogens (tertiary/aromatic N) is 2. The summed E-state index contributed by atoms with van der Waals surface area (Å²) in [6.45, 7) is 2.70. The quantitative estimate of drug-likeness (QED) is 0.852. The number of hydrogen-bond acceptors (Lipinski definition) is 4. The molecule has 0 unspecified atom stereocenters. The van der Waals surface area contributed by atoms with E-state index in [2.05, 4.69) is 33.9 Å². The summed E-state index contributed by atoms with van der Waals surface area (Å²) in [6, 6.07) is 8.19. The molecule has 19 heavy (non-hydrogen) atoms. The van der Waals surface area contributed by atoms with E-state index in [4.69, 9.17) is 4.74 Å². The Kier molecular flexibility index (Phi) is 4.47. The first-order chi connectivity index (χ1) is 9.34. The SMILES string of the molecule is CN.Cc1nccc(-c2cccc3c2OCCC3)n1. The molecule has 1 aromatic carbocycles. The van der Waals surface area contributed by atoms with Gasteiger partial charge in [-0.2, -0.15) is 0 Å². The van der Waals surface area contributed by atoms with Gasteiger partial charge in [-0.25, -0.2) is 9.97 Å². The summed E-state index contributed by atoms with van der Waals surface area (Å²) >= 11 is 0. The molecular weight excluding hydrogens is 238 g/mol. The van der Waals surface area contributed by atoms with Crippen LogP contribution >= 0.6 is 0 Å². The van der Waals surface area contributed by atoms with Gasteiger partial charge in [-0.05, 0) is 44.5 Å². The molecule has 2 aromatic rings. The van der Waals surface area contributed by atoms with Crippen LogP contribution in [0.3, 0.4) is 0 Å². The topological polar surface area (TPSA) is 61.0 Å². The standard InChI is InChI=1S/C14H14N2O.CH5N/c1-10-15-8-7-13(16-10)12-6-2-4-11-5-3-9-17-14(11)12;1-2/h2,4,6-8H,3,5,9H2,1H3;2H2,1H3. The van der Waals surface area contributed by atoms with Gasteiger partial charge in [-0.3, -0.25) is 0 Å². The zero-order valence-electron chi connectivity index (χ0n) is 11.4. The zero-order chi connectivity index (χ0) is 13.7. The number of nitrogens with two attached hydrogens (primary N) is 1. The smallest absolute Gasteiger partial charge is 0.131 e. The number of para-hydroxylation sites is 1. The highest BCUT2D eigenvalue weighted by Gasteiger charge is 2.15. The van der Waals surface area contributed by atoms with Crippen molar-refractivity contribution in [3.63, 3.8) is 0 Å². The predicted molar refractivity (Wildman–Crippen MR) is 76.1 cm³/mol. The molecule has 4 heteroatoms. The fraction of sp³-hybridized carbons (Fsp3) is 0.333.